The minimum atomic E-state index is -0.487. The first kappa shape index (κ1) is 12.5. The Morgan fingerprint density at radius 3 is 2.95 bits per heavy atom. The van der Waals surface area contributed by atoms with Gasteiger partial charge in [0.05, 0.1) is 11.9 Å². The van der Waals surface area contributed by atoms with Crippen LogP contribution in [0.2, 0.25) is 5.28 Å². The zero-order valence-corrected chi connectivity index (χ0v) is 10.8. The normalized spacial score (nSPS) is 31.9. The van der Waals surface area contributed by atoms with Crippen LogP contribution < -0.4 is 5.73 Å². The average Bonchev–Trinajstić information content (AvgIpc) is 2.94. The maximum atomic E-state index is 13.7. The van der Waals surface area contributed by atoms with Crippen molar-refractivity contribution in [1.29, 1.82) is 0 Å². The number of carbonyl (C=O) groups excluding carboxylic acids is 1. The van der Waals surface area contributed by atoms with Gasteiger partial charge in [-0.3, -0.25) is 4.79 Å². The summed E-state index contributed by atoms with van der Waals surface area (Å²) in [5.41, 5.74) is 5.73. The fourth-order valence-corrected chi connectivity index (χ4v) is 3.52. The first-order chi connectivity index (χ1) is 9.06. The molecule has 19 heavy (non-hydrogen) atoms. The van der Waals surface area contributed by atoms with Gasteiger partial charge in [0.15, 0.2) is 5.82 Å². The molecule has 2 N–H and O–H groups in total. The number of nitrogens with two attached hydrogens (primary N) is 1. The van der Waals surface area contributed by atoms with Gasteiger partial charge in [-0.2, -0.15) is 0 Å². The van der Waals surface area contributed by atoms with Crippen molar-refractivity contribution in [2.45, 2.75) is 12.8 Å². The second kappa shape index (κ2) is 4.56. The fraction of sp³-hybridized carbons (Fsp3) is 0.462. The Labute approximate surface area is 114 Å². The lowest BCUT2D eigenvalue weighted by molar-refractivity contribution is -0.123. The molecular formula is C13H13ClFN3O. The van der Waals surface area contributed by atoms with Crippen LogP contribution in [-0.2, 0) is 11.2 Å². The maximum Gasteiger partial charge on any atom is 0.222 e. The highest BCUT2D eigenvalue weighted by Crippen LogP contribution is 2.49. The van der Waals surface area contributed by atoms with Crippen LogP contribution in [0, 0.1) is 29.5 Å². The third kappa shape index (κ3) is 2.12. The molecule has 1 saturated carbocycles. The SMILES string of the molecule is NC(=O)[C@@H]1[C@H](Cc2nc(Cl)ncc2F)[C@@H]2C=C[C@H]1C2. The highest BCUT2D eigenvalue weighted by molar-refractivity contribution is 6.28. The number of primary amides is 1. The lowest BCUT2D eigenvalue weighted by Crippen LogP contribution is -2.34. The predicted molar refractivity (Wildman–Crippen MR) is 67.6 cm³/mol. The molecule has 0 aromatic carbocycles. The van der Waals surface area contributed by atoms with E-state index < -0.39 is 5.82 Å². The number of allylic oxidation sites excluding steroid dienone is 2. The molecule has 6 heteroatoms. The largest absolute Gasteiger partial charge is 0.369 e. The minimum absolute atomic E-state index is 0.00738. The molecule has 0 radical (unpaired) electrons. The van der Waals surface area contributed by atoms with Crippen molar-refractivity contribution in [3.8, 4) is 0 Å². The Hall–Kier alpha value is -1.49. The average molecular weight is 282 g/mol. The quantitative estimate of drug-likeness (QED) is 0.678. The molecule has 0 unspecified atom stereocenters. The number of hydrogen-bond donors (Lipinski definition) is 1. The van der Waals surface area contributed by atoms with E-state index in [2.05, 4.69) is 16.0 Å². The van der Waals surface area contributed by atoms with Gasteiger partial charge >= 0.3 is 0 Å². The van der Waals surface area contributed by atoms with E-state index in [-0.39, 0.29) is 40.6 Å². The monoisotopic (exact) mass is 281 g/mol. The molecule has 0 spiro atoms. The van der Waals surface area contributed by atoms with E-state index in [1.54, 1.807) is 0 Å². The molecule has 1 aromatic heterocycles. The molecule has 4 nitrogen and oxygen atoms in total. The van der Waals surface area contributed by atoms with E-state index >= 15 is 0 Å². The summed E-state index contributed by atoms with van der Waals surface area (Å²) < 4.78 is 13.7. The Kier molecular flexibility index (Phi) is 3.01. The van der Waals surface area contributed by atoms with E-state index in [0.29, 0.717) is 6.42 Å². The molecule has 1 fully saturated rings. The Morgan fingerprint density at radius 1 is 1.47 bits per heavy atom. The molecule has 2 aliphatic rings. The third-order valence-corrected chi connectivity index (χ3v) is 4.35. The summed E-state index contributed by atoms with van der Waals surface area (Å²) in [6.07, 6.45) is 6.48. The molecule has 1 heterocycles. The number of fused-ring (bicyclic) bond motifs is 2. The van der Waals surface area contributed by atoms with Gasteiger partial charge in [-0.25, -0.2) is 14.4 Å². The molecule has 1 aromatic rings. The van der Waals surface area contributed by atoms with Crippen molar-refractivity contribution in [3.63, 3.8) is 0 Å². The van der Waals surface area contributed by atoms with Gasteiger partial charge in [-0.15, -0.1) is 0 Å². The van der Waals surface area contributed by atoms with Crippen molar-refractivity contribution in [2.24, 2.45) is 29.4 Å². The van der Waals surface area contributed by atoms with Crippen LogP contribution in [0.3, 0.4) is 0 Å². The van der Waals surface area contributed by atoms with Crippen LogP contribution in [-0.4, -0.2) is 15.9 Å². The van der Waals surface area contributed by atoms with Crippen molar-refractivity contribution < 1.29 is 9.18 Å². The summed E-state index contributed by atoms with van der Waals surface area (Å²) in [5, 5.41) is 0.0192. The van der Waals surface area contributed by atoms with E-state index in [9.17, 15) is 9.18 Å². The standard InChI is InChI=1S/C13H13ClFN3O/c14-13-17-5-9(15)10(18-13)4-8-6-1-2-7(3-6)11(8)12(16)19/h1-2,5-8,11H,3-4H2,(H2,16,19)/t6-,7+,8-,11+/m1/s1. The van der Waals surface area contributed by atoms with Crippen LogP contribution in [0.25, 0.3) is 0 Å². The third-order valence-electron chi connectivity index (χ3n) is 4.17. The smallest absolute Gasteiger partial charge is 0.222 e. The van der Waals surface area contributed by atoms with Crippen LogP contribution in [0.4, 0.5) is 4.39 Å². The molecule has 2 aliphatic carbocycles. The van der Waals surface area contributed by atoms with E-state index in [4.69, 9.17) is 17.3 Å². The second-order valence-corrected chi connectivity index (χ2v) is 5.52. The maximum absolute atomic E-state index is 13.7. The van der Waals surface area contributed by atoms with Crippen molar-refractivity contribution in [1.82, 2.24) is 9.97 Å². The Morgan fingerprint density at radius 2 is 2.21 bits per heavy atom. The molecule has 2 bridgehead atoms. The summed E-state index contributed by atoms with van der Waals surface area (Å²) >= 11 is 5.69. The van der Waals surface area contributed by atoms with E-state index in [0.717, 1.165) is 12.6 Å². The molecule has 4 atom stereocenters. The zero-order chi connectivity index (χ0) is 13.6. The molecule has 1 amide bonds. The lowest BCUT2D eigenvalue weighted by Gasteiger charge is -2.25. The predicted octanol–water partition coefficient (Wildman–Crippen LogP) is 1.74. The highest BCUT2D eigenvalue weighted by atomic mass is 35.5. The first-order valence-electron chi connectivity index (χ1n) is 6.21. The number of nitrogens with zero attached hydrogens (tertiary/aromatic N) is 2. The van der Waals surface area contributed by atoms with E-state index in [1.807, 2.05) is 6.08 Å². The summed E-state index contributed by atoms with van der Waals surface area (Å²) in [7, 11) is 0. The van der Waals surface area contributed by atoms with Crippen molar-refractivity contribution >= 4 is 17.5 Å². The van der Waals surface area contributed by atoms with E-state index in [1.165, 1.54) is 0 Å². The van der Waals surface area contributed by atoms with Crippen LogP contribution >= 0.6 is 11.6 Å². The van der Waals surface area contributed by atoms with Gasteiger partial charge in [0, 0.05) is 5.92 Å². The van der Waals surface area contributed by atoms with Crippen molar-refractivity contribution in [3.05, 3.63) is 35.1 Å². The number of aromatic nitrogens is 2. The number of hydrogen-bond acceptors (Lipinski definition) is 3. The molecule has 100 valence electrons. The highest BCUT2D eigenvalue weighted by Gasteiger charge is 2.47. The first-order valence-corrected chi connectivity index (χ1v) is 6.58. The van der Waals surface area contributed by atoms with Gasteiger partial charge in [-0.1, -0.05) is 12.2 Å². The number of carbonyl (C=O) groups is 1. The number of amides is 1. The van der Waals surface area contributed by atoms with Crippen LogP contribution in [0.15, 0.2) is 18.3 Å². The summed E-state index contributed by atoms with van der Waals surface area (Å²) in [6, 6.07) is 0. The fourth-order valence-electron chi connectivity index (χ4n) is 3.37. The lowest BCUT2D eigenvalue weighted by atomic mass is 9.80. The van der Waals surface area contributed by atoms with Crippen LogP contribution in [0.1, 0.15) is 12.1 Å². The Bertz CT molecular complexity index is 563. The number of halogens is 2. The van der Waals surface area contributed by atoms with Gasteiger partial charge in [0.1, 0.15) is 0 Å². The Balaban J connectivity index is 1.88. The zero-order valence-electron chi connectivity index (χ0n) is 10.1. The number of rotatable bonds is 3. The molecule has 0 saturated heterocycles. The minimum Gasteiger partial charge on any atom is -0.369 e. The second-order valence-electron chi connectivity index (χ2n) is 5.18. The summed E-state index contributed by atoms with van der Waals surface area (Å²) in [6.45, 7) is 0. The summed E-state index contributed by atoms with van der Waals surface area (Å²) in [5.74, 6) is -0.568. The topological polar surface area (TPSA) is 68.9 Å². The van der Waals surface area contributed by atoms with Gasteiger partial charge in [-0.05, 0) is 42.2 Å². The van der Waals surface area contributed by atoms with Crippen molar-refractivity contribution in [2.75, 3.05) is 0 Å². The molecule has 3 rings (SSSR count). The van der Waals surface area contributed by atoms with Crippen LogP contribution in [0.5, 0.6) is 0 Å². The molecular weight excluding hydrogens is 269 g/mol. The van der Waals surface area contributed by atoms with Gasteiger partial charge in [0.25, 0.3) is 0 Å². The molecule has 0 aliphatic heterocycles. The van der Waals surface area contributed by atoms with Gasteiger partial charge in [0.2, 0.25) is 11.2 Å². The summed E-state index contributed by atoms with van der Waals surface area (Å²) in [4.78, 5) is 19.1. The van der Waals surface area contributed by atoms with Gasteiger partial charge < -0.3 is 5.73 Å².